The number of rotatable bonds is 11. The number of aliphatic carboxylic acids is 2. The largest absolute Gasteiger partial charge is 0.481 e. The summed E-state index contributed by atoms with van der Waals surface area (Å²) in [5.41, 5.74) is -0.392. The van der Waals surface area contributed by atoms with Crippen LogP contribution in [0.3, 0.4) is 0 Å². The quantitative estimate of drug-likeness (QED) is 0.257. The van der Waals surface area contributed by atoms with Crippen LogP contribution in [-0.2, 0) is 28.7 Å². The maximum atomic E-state index is 13.6. The van der Waals surface area contributed by atoms with Gasteiger partial charge in [0.15, 0.2) is 17.2 Å². The third-order valence-corrected chi connectivity index (χ3v) is 6.73. The number of ketones is 2. The summed E-state index contributed by atoms with van der Waals surface area (Å²) in [4.78, 5) is 63.8. The lowest BCUT2D eigenvalue weighted by atomic mass is 9.72. The summed E-state index contributed by atoms with van der Waals surface area (Å²) in [6, 6.07) is -1.16. The van der Waals surface area contributed by atoms with Gasteiger partial charge in [-0.05, 0) is 50.5 Å². The fourth-order valence-electron chi connectivity index (χ4n) is 4.89. The number of hydrogen-bond acceptors (Lipinski definition) is 7. The Morgan fingerprint density at radius 3 is 2.51 bits per heavy atom. The topological polar surface area (TPSA) is 138 Å². The number of Topliss-reactive ketones (excluding diaryl/α,β-unsaturated/α-hetero) is 2. The van der Waals surface area contributed by atoms with Crippen molar-refractivity contribution in [3.63, 3.8) is 0 Å². The molecule has 0 saturated heterocycles. The highest BCUT2D eigenvalue weighted by Gasteiger charge is 2.56. The molecule has 2 heterocycles. The third-order valence-electron chi connectivity index (χ3n) is 6.73. The minimum atomic E-state index is -1.63. The predicted molar refractivity (Wildman–Crippen MR) is 125 cm³/mol. The van der Waals surface area contributed by atoms with E-state index in [4.69, 9.17) is 9.84 Å². The van der Waals surface area contributed by atoms with Crippen molar-refractivity contribution in [3.05, 3.63) is 46.7 Å². The van der Waals surface area contributed by atoms with Crippen LogP contribution >= 0.6 is 0 Å². The molecule has 0 amide bonds. The monoisotopic (exact) mass is 485 g/mol. The summed E-state index contributed by atoms with van der Waals surface area (Å²) in [6.45, 7) is 5.22. The average Bonchev–Trinajstić information content (AvgIpc) is 3.05. The maximum absolute atomic E-state index is 13.6. The lowest BCUT2D eigenvalue weighted by Crippen LogP contribution is -2.52. The lowest BCUT2D eigenvalue weighted by molar-refractivity contribution is -0.156. The van der Waals surface area contributed by atoms with Crippen LogP contribution in [-0.4, -0.2) is 62.8 Å². The molecule has 0 aromatic heterocycles. The second-order valence-corrected chi connectivity index (χ2v) is 9.16. The van der Waals surface area contributed by atoms with Gasteiger partial charge in [0.05, 0.1) is 5.92 Å². The highest BCUT2D eigenvalue weighted by Crippen LogP contribution is 2.45. The number of carbonyl (C=O) groups is 5. The molecule has 9 heteroatoms. The molecule has 0 spiro atoms. The number of nitrogens with zero attached hydrogens (tertiary/aromatic N) is 1. The molecule has 1 aliphatic carbocycles. The van der Waals surface area contributed by atoms with Crippen molar-refractivity contribution in [2.75, 3.05) is 6.54 Å². The molecule has 3 atom stereocenters. The molecule has 3 unspecified atom stereocenters. The molecule has 188 valence electrons. The van der Waals surface area contributed by atoms with E-state index in [0.29, 0.717) is 17.7 Å². The van der Waals surface area contributed by atoms with E-state index in [1.54, 1.807) is 31.2 Å². The number of ether oxygens (including phenoxy) is 1. The minimum absolute atomic E-state index is 0.0162. The Morgan fingerprint density at radius 2 is 1.91 bits per heavy atom. The molecule has 3 rings (SSSR count). The van der Waals surface area contributed by atoms with Gasteiger partial charge < -0.3 is 19.8 Å². The Labute approximate surface area is 203 Å². The van der Waals surface area contributed by atoms with Gasteiger partial charge in [-0.25, -0.2) is 9.59 Å². The van der Waals surface area contributed by atoms with Gasteiger partial charge in [-0.2, -0.15) is 0 Å². The molecule has 0 radical (unpaired) electrons. The summed E-state index contributed by atoms with van der Waals surface area (Å²) >= 11 is 0. The minimum Gasteiger partial charge on any atom is -0.481 e. The van der Waals surface area contributed by atoms with Crippen LogP contribution in [0, 0.1) is 5.92 Å². The Hall–Kier alpha value is -3.49. The first-order valence-electron chi connectivity index (χ1n) is 11.9. The van der Waals surface area contributed by atoms with E-state index in [-0.39, 0.29) is 42.7 Å². The van der Waals surface area contributed by atoms with Crippen molar-refractivity contribution in [1.82, 2.24) is 4.90 Å². The molecule has 0 saturated carbocycles. The summed E-state index contributed by atoms with van der Waals surface area (Å²) in [5.74, 6) is -4.70. The fraction of sp³-hybridized carbons (Fsp3) is 0.500. The van der Waals surface area contributed by atoms with Crippen LogP contribution in [0.4, 0.5) is 0 Å². The van der Waals surface area contributed by atoms with Crippen molar-refractivity contribution in [1.29, 1.82) is 0 Å². The van der Waals surface area contributed by atoms with Gasteiger partial charge in [0.1, 0.15) is 11.6 Å². The predicted octanol–water partition coefficient (Wildman–Crippen LogP) is 2.97. The summed E-state index contributed by atoms with van der Waals surface area (Å²) in [7, 11) is 0. The number of carboxylic acid groups (broad SMARTS) is 2. The van der Waals surface area contributed by atoms with Gasteiger partial charge in [0.25, 0.3) is 0 Å². The van der Waals surface area contributed by atoms with Gasteiger partial charge in [0, 0.05) is 30.7 Å². The first-order chi connectivity index (χ1) is 16.5. The van der Waals surface area contributed by atoms with Gasteiger partial charge in [-0.3, -0.25) is 14.4 Å². The Balaban J connectivity index is 2.07. The van der Waals surface area contributed by atoms with Crippen LogP contribution in [0.15, 0.2) is 46.7 Å². The fourth-order valence-corrected chi connectivity index (χ4v) is 4.89. The van der Waals surface area contributed by atoms with Gasteiger partial charge in [-0.15, -0.1) is 0 Å². The lowest BCUT2D eigenvalue weighted by Gasteiger charge is -2.42. The smallest absolute Gasteiger partial charge is 0.343 e. The maximum Gasteiger partial charge on any atom is 0.343 e. The Bertz CT molecular complexity index is 1080. The summed E-state index contributed by atoms with van der Waals surface area (Å²) in [5, 5.41) is 18.9. The second kappa shape index (κ2) is 10.4. The molecular weight excluding hydrogens is 454 g/mol. The summed E-state index contributed by atoms with van der Waals surface area (Å²) in [6.07, 6.45) is 8.83. The number of allylic oxidation sites excluding steroid dienone is 3. The normalized spacial score (nSPS) is 24.5. The molecule has 0 aromatic carbocycles. The molecule has 2 N–H and O–H groups in total. The van der Waals surface area contributed by atoms with E-state index in [1.165, 1.54) is 11.8 Å². The molecule has 2 aliphatic heterocycles. The Kier molecular flexibility index (Phi) is 7.77. The zero-order valence-electron chi connectivity index (χ0n) is 20.2. The molecule has 3 aliphatic rings. The first-order valence-corrected chi connectivity index (χ1v) is 11.9. The number of carboxylic acids is 2. The second-order valence-electron chi connectivity index (χ2n) is 9.16. The zero-order valence-corrected chi connectivity index (χ0v) is 20.2. The molecular formula is C26H31NO8. The van der Waals surface area contributed by atoms with Gasteiger partial charge in [0.2, 0.25) is 0 Å². The number of unbranched alkanes of at least 4 members (excludes halogenated alkanes) is 2. The number of carbonyl (C=O) groups excluding carboxylic acids is 3. The van der Waals surface area contributed by atoms with Crippen LogP contribution < -0.4 is 0 Å². The van der Waals surface area contributed by atoms with Crippen molar-refractivity contribution < 1.29 is 38.9 Å². The van der Waals surface area contributed by atoms with Crippen LogP contribution in [0.25, 0.3) is 0 Å². The molecule has 0 fully saturated rings. The van der Waals surface area contributed by atoms with Crippen molar-refractivity contribution in [2.24, 2.45) is 5.92 Å². The molecule has 35 heavy (non-hydrogen) atoms. The van der Waals surface area contributed by atoms with E-state index in [1.807, 2.05) is 6.92 Å². The van der Waals surface area contributed by atoms with Crippen LogP contribution in [0.2, 0.25) is 0 Å². The van der Waals surface area contributed by atoms with E-state index in [0.717, 1.165) is 12.8 Å². The third kappa shape index (κ3) is 4.99. The molecule has 0 aromatic rings. The van der Waals surface area contributed by atoms with E-state index in [9.17, 15) is 29.1 Å². The van der Waals surface area contributed by atoms with Crippen molar-refractivity contribution >= 4 is 29.5 Å². The number of fused-ring (bicyclic) bond motifs is 2. The van der Waals surface area contributed by atoms with Crippen LogP contribution in [0.1, 0.15) is 59.3 Å². The summed E-state index contributed by atoms with van der Waals surface area (Å²) < 4.78 is 5.48. The SMILES string of the molecule is C/C=C/C1=CC2=CC3=C(C(=O)CCCCC)C(=O)OC3(C)C(=O)C2CN1C(CCC(=O)O)C(=O)O. The Morgan fingerprint density at radius 1 is 1.20 bits per heavy atom. The molecule has 0 bridgehead atoms. The zero-order chi connectivity index (χ0) is 25.9. The number of hydrogen-bond donors (Lipinski definition) is 2. The van der Waals surface area contributed by atoms with E-state index in [2.05, 4.69) is 0 Å². The van der Waals surface area contributed by atoms with E-state index >= 15 is 0 Å². The van der Waals surface area contributed by atoms with Gasteiger partial charge in [-0.1, -0.05) is 25.8 Å². The average molecular weight is 486 g/mol. The van der Waals surface area contributed by atoms with Crippen molar-refractivity contribution in [2.45, 2.75) is 70.9 Å². The van der Waals surface area contributed by atoms with Crippen molar-refractivity contribution in [3.8, 4) is 0 Å². The van der Waals surface area contributed by atoms with Gasteiger partial charge >= 0.3 is 17.9 Å². The highest BCUT2D eigenvalue weighted by atomic mass is 16.6. The number of esters is 1. The first kappa shape index (κ1) is 26.1. The highest BCUT2D eigenvalue weighted by molar-refractivity contribution is 6.23. The van der Waals surface area contributed by atoms with Crippen LogP contribution in [0.5, 0.6) is 0 Å². The standard InChI is InChI=1S/C26H31NO8/c1-4-6-7-9-20(28)22-18-13-15-12-16(8-5-2)27(19(24(32)33)10-11-21(29)30)14-17(15)23(31)26(18,3)35-25(22)34/h5,8,12-13,17,19H,4,6-7,9-11,14H2,1-3H3,(H,29,30)(H,32,33)/b8-5+. The van der Waals surface area contributed by atoms with E-state index < -0.39 is 41.3 Å². The molecule has 9 nitrogen and oxygen atoms in total.